The van der Waals surface area contributed by atoms with Gasteiger partial charge in [-0.3, -0.25) is 14.4 Å². The Balaban J connectivity index is 1.87. The van der Waals surface area contributed by atoms with Crippen LogP contribution in [0.4, 0.5) is 13.2 Å². The molecular formula is C18H13F3N2O3S. The van der Waals surface area contributed by atoms with E-state index in [-0.39, 0.29) is 29.1 Å². The van der Waals surface area contributed by atoms with Crippen LogP contribution in [0.5, 0.6) is 0 Å². The number of nitrogens with two attached hydrogens (primary N) is 1. The maximum absolute atomic E-state index is 13.7. The van der Waals surface area contributed by atoms with Gasteiger partial charge in [-0.1, -0.05) is 0 Å². The first kappa shape index (κ1) is 19.0. The third kappa shape index (κ3) is 3.97. The van der Waals surface area contributed by atoms with Gasteiger partial charge in [0.05, 0.1) is 11.3 Å². The molecule has 0 aliphatic carbocycles. The molecule has 2 amide bonds. The summed E-state index contributed by atoms with van der Waals surface area (Å²) < 4.78 is 40.3. The standard InChI is InChI=1S/C18H13F3N2O3S/c19-10-4-14(20)13(15(21)5-10)6-23-18(26)9-1-8-2-11(24)7-27-16(8)12(3-9)17(22)25/h1,3-5H,2,6-7H2,(H2,22,25)(H,23,26). The predicted molar refractivity (Wildman–Crippen MR) is 91.9 cm³/mol. The van der Waals surface area contributed by atoms with E-state index in [1.807, 2.05) is 0 Å². The van der Waals surface area contributed by atoms with Crippen LogP contribution in [-0.2, 0) is 17.8 Å². The summed E-state index contributed by atoms with van der Waals surface area (Å²) in [4.78, 5) is 36.3. The maximum Gasteiger partial charge on any atom is 0.251 e. The lowest BCUT2D eigenvalue weighted by Gasteiger charge is -2.18. The zero-order valence-corrected chi connectivity index (χ0v) is 14.6. The lowest BCUT2D eigenvalue weighted by molar-refractivity contribution is -0.116. The zero-order chi connectivity index (χ0) is 19.7. The van der Waals surface area contributed by atoms with Gasteiger partial charge in [-0.2, -0.15) is 0 Å². The molecule has 0 radical (unpaired) electrons. The molecule has 3 rings (SSSR count). The van der Waals surface area contributed by atoms with E-state index < -0.39 is 41.4 Å². The molecule has 1 aliphatic heterocycles. The summed E-state index contributed by atoms with van der Waals surface area (Å²) in [6.07, 6.45) is 0.0605. The summed E-state index contributed by atoms with van der Waals surface area (Å²) in [6.45, 7) is -0.520. The minimum Gasteiger partial charge on any atom is -0.366 e. The van der Waals surface area contributed by atoms with E-state index in [9.17, 15) is 27.6 Å². The fraction of sp³-hybridized carbons (Fsp3) is 0.167. The van der Waals surface area contributed by atoms with Crippen molar-refractivity contribution in [3.8, 4) is 0 Å². The highest BCUT2D eigenvalue weighted by Crippen LogP contribution is 2.33. The van der Waals surface area contributed by atoms with Gasteiger partial charge in [-0.05, 0) is 17.7 Å². The fourth-order valence-electron chi connectivity index (χ4n) is 2.73. The number of ketones is 1. The van der Waals surface area contributed by atoms with Crippen molar-refractivity contribution in [3.05, 3.63) is 64.0 Å². The Kier molecular flexibility index (Phi) is 5.22. The minimum absolute atomic E-state index is 0.0285. The number of hydrogen-bond donors (Lipinski definition) is 2. The molecule has 1 aliphatic rings. The number of halogens is 3. The number of amides is 2. The topological polar surface area (TPSA) is 89.3 Å². The predicted octanol–water partition coefficient (Wildman–Crippen LogP) is 2.35. The van der Waals surface area contributed by atoms with Gasteiger partial charge < -0.3 is 11.1 Å². The SMILES string of the molecule is NC(=O)c1cc(C(=O)NCc2c(F)cc(F)cc2F)cc2c1SCC(=O)C2. The van der Waals surface area contributed by atoms with Crippen LogP contribution in [0.3, 0.4) is 0 Å². The quantitative estimate of drug-likeness (QED) is 0.833. The molecule has 0 bridgehead atoms. The van der Waals surface area contributed by atoms with Gasteiger partial charge in [0.15, 0.2) is 0 Å². The monoisotopic (exact) mass is 394 g/mol. The first-order valence-electron chi connectivity index (χ1n) is 7.79. The van der Waals surface area contributed by atoms with Crippen molar-refractivity contribution in [1.82, 2.24) is 5.32 Å². The average Bonchev–Trinajstić information content (AvgIpc) is 2.59. The molecule has 0 saturated heterocycles. The van der Waals surface area contributed by atoms with Gasteiger partial charge in [-0.15, -0.1) is 11.8 Å². The number of thioether (sulfide) groups is 1. The van der Waals surface area contributed by atoms with Gasteiger partial charge in [0.1, 0.15) is 23.2 Å². The Labute approximate surface area is 156 Å². The van der Waals surface area contributed by atoms with Gasteiger partial charge in [0.2, 0.25) is 5.91 Å². The highest BCUT2D eigenvalue weighted by molar-refractivity contribution is 8.00. The van der Waals surface area contributed by atoms with E-state index in [0.717, 1.165) is 0 Å². The molecule has 9 heteroatoms. The van der Waals surface area contributed by atoms with Crippen molar-refractivity contribution >= 4 is 29.4 Å². The number of primary amides is 1. The Morgan fingerprint density at radius 2 is 1.78 bits per heavy atom. The molecule has 0 unspecified atom stereocenters. The van der Waals surface area contributed by atoms with Crippen LogP contribution >= 0.6 is 11.8 Å². The summed E-state index contributed by atoms with van der Waals surface area (Å²) in [7, 11) is 0. The first-order valence-corrected chi connectivity index (χ1v) is 8.77. The van der Waals surface area contributed by atoms with E-state index in [1.54, 1.807) is 0 Å². The van der Waals surface area contributed by atoms with E-state index in [2.05, 4.69) is 5.32 Å². The normalized spacial score (nSPS) is 13.2. The number of carbonyl (C=O) groups excluding carboxylic acids is 3. The Hall–Kier alpha value is -2.81. The molecule has 0 atom stereocenters. The largest absolute Gasteiger partial charge is 0.366 e. The van der Waals surface area contributed by atoms with Crippen molar-refractivity contribution in [1.29, 1.82) is 0 Å². The third-order valence-corrected chi connectivity index (χ3v) is 5.23. The molecule has 3 N–H and O–H groups in total. The van der Waals surface area contributed by atoms with Crippen molar-refractivity contribution < 1.29 is 27.6 Å². The summed E-state index contributed by atoms with van der Waals surface area (Å²) in [5.41, 5.74) is 5.49. The van der Waals surface area contributed by atoms with Crippen molar-refractivity contribution in [2.45, 2.75) is 17.9 Å². The van der Waals surface area contributed by atoms with E-state index in [4.69, 9.17) is 5.73 Å². The van der Waals surface area contributed by atoms with E-state index in [1.165, 1.54) is 23.9 Å². The summed E-state index contributed by atoms with van der Waals surface area (Å²) in [5, 5.41) is 2.32. The van der Waals surface area contributed by atoms with Crippen LogP contribution in [0.15, 0.2) is 29.2 Å². The molecule has 5 nitrogen and oxygen atoms in total. The molecule has 27 heavy (non-hydrogen) atoms. The molecule has 0 saturated carbocycles. The van der Waals surface area contributed by atoms with E-state index in [0.29, 0.717) is 22.6 Å². The molecule has 0 fully saturated rings. The summed E-state index contributed by atoms with van der Waals surface area (Å²) in [6, 6.07) is 3.74. The Morgan fingerprint density at radius 3 is 2.41 bits per heavy atom. The number of fused-ring (bicyclic) bond motifs is 1. The van der Waals surface area contributed by atoms with Gasteiger partial charge in [0, 0.05) is 41.1 Å². The van der Waals surface area contributed by atoms with Crippen molar-refractivity contribution in [3.63, 3.8) is 0 Å². The Morgan fingerprint density at radius 1 is 1.11 bits per heavy atom. The van der Waals surface area contributed by atoms with Crippen LogP contribution in [-0.4, -0.2) is 23.4 Å². The number of benzene rings is 2. The van der Waals surface area contributed by atoms with Crippen LogP contribution in [0.1, 0.15) is 31.8 Å². The smallest absolute Gasteiger partial charge is 0.251 e. The van der Waals surface area contributed by atoms with Crippen molar-refractivity contribution in [2.75, 3.05) is 5.75 Å². The third-order valence-electron chi connectivity index (χ3n) is 3.99. The van der Waals surface area contributed by atoms with Crippen LogP contribution in [0.2, 0.25) is 0 Å². The number of rotatable bonds is 4. The highest BCUT2D eigenvalue weighted by Gasteiger charge is 2.24. The molecule has 2 aromatic carbocycles. The molecule has 2 aromatic rings. The van der Waals surface area contributed by atoms with Gasteiger partial charge in [0.25, 0.3) is 5.91 Å². The second kappa shape index (κ2) is 7.43. The molecule has 1 heterocycles. The lowest BCUT2D eigenvalue weighted by Crippen LogP contribution is -2.26. The maximum atomic E-state index is 13.7. The average molecular weight is 394 g/mol. The summed E-state index contributed by atoms with van der Waals surface area (Å²) in [5.74, 6) is -4.64. The van der Waals surface area contributed by atoms with Crippen LogP contribution in [0, 0.1) is 17.5 Å². The molecule has 140 valence electrons. The van der Waals surface area contributed by atoms with Crippen LogP contribution in [0.25, 0.3) is 0 Å². The summed E-state index contributed by atoms with van der Waals surface area (Å²) >= 11 is 1.17. The highest BCUT2D eigenvalue weighted by atomic mass is 32.2. The second-order valence-corrected chi connectivity index (χ2v) is 6.90. The Bertz CT molecular complexity index is 956. The molecule has 0 aromatic heterocycles. The second-order valence-electron chi connectivity index (χ2n) is 5.91. The number of carbonyl (C=O) groups is 3. The van der Waals surface area contributed by atoms with Crippen molar-refractivity contribution in [2.24, 2.45) is 5.73 Å². The number of nitrogens with one attached hydrogen (secondary N) is 1. The number of hydrogen-bond acceptors (Lipinski definition) is 4. The van der Waals surface area contributed by atoms with Gasteiger partial charge >= 0.3 is 0 Å². The van der Waals surface area contributed by atoms with Crippen LogP contribution < -0.4 is 11.1 Å². The molecular weight excluding hydrogens is 381 g/mol. The van der Waals surface area contributed by atoms with Gasteiger partial charge in [-0.25, -0.2) is 13.2 Å². The zero-order valence-electron chi connectivity index (χ0n) is 13.8. The molecule has 0 spiro atoms. The van der Waals surface area contributed by atoms with E-state index >= 15 is 0 Å². The first-order chi connectivity index (χ1) is 12.8. The number of Topliss-reactive ketones (excluding diaryl/α,β-unsaturated/α-hetero) is 1. The lowest BCUT2D eigenvalue weighted by atomic mass is 10.0. The minimum atomic E-state index is -1.13. The fourth-order valence-corrected chi connectivity index (χ4v) is 3.77.